The molecule has 0 saturated heterocycles. The maximum Gasteiger partial charge on any atom is 0.306 e. The van der Waals surface area contributed by atoms with Crippen molar-refractivity contribution < 1.29 is 9.53 Å². The highest BCUT2D eigenvalue weighted by Crippen LogP contribution is 2.65. The first kappa shape index (κ1) is 16.1. The van der Waals surface area contributed by atoms with E-state index >= 15 is 0 Å². The minimum absolute atomic E-state index is 0.110. The Balaban J connectivity index is 1.41. The van der Waals surface area contributed by atoms with Gasteiger partial charge in [-0.15, -0.1) is 0 Å². The fraction of sp³-hybridized carbons (Fsp3) is 0.600. The van der Waals surface area contributed by atoms with Crippen molar-refractivity contribution in [1.82, 2.24) is 0 Å². The van der Waals surface area contributed by atoms with Crippen LogP contribution >= 0.6 is 15.9 Å². The average molecular weight is 388 g/mol. The maximum atomic E-state index is 12.5. The van der Waals surface area contributed by atoms with Gasteiger partial charge in [0.25, 0.3) is 0 Å². The molecule has 0 amide bonds. The van der Waals surface area contributed by atoms with Crippen LogP contribution < -0.4 is 0 Å². The van der Waals surface area contributed by atoms with E-state index in [1.54, 1.807) is 6.07 Å². The molecule has 2 unspecified atom stereocenters. The third kappa shape index (κ3) is 2.99. The summed E-state index contributed by atoms with van der Waals surface area (Å²) in [7, 11) is 0. The van der Waals surface area contributed by atoms with Gasteiger partial charge in [-0.3, -0.25) is 4.79 Å². The van der Waals surface area contributed by atoms with Crippen molar-refractivity contribution in [2.75, 3.05) is 0 Å². The van der Waals surface area contributed by atoms with Crippen molar-refractivity contribution >= 4 is 21.9 Å². The van der Waals surface area contributed by atoms with E-state index in [-0.39, 0.29) is 22.3 Å². The number of carbonyl (C=O) groups is 1. The smallest absolute Gasteiger partial charge is 0.306 e. The molecular weight excluding hydrogens is 366 g/mol. The van der Waals surface area contributed by atoms with Gasteiger partial charge in [0.2, 0.25) is 0 Å². The predicted molar refractivity (Wildman–Crippen MR) is 94.3 cm³/mol. The third-order valence-corrected chi connectivity index (χ3v) is 7.08. The number of ether oxygens (including phenoxy) is 1. The van der Waals surface area contributed by atoms with Crippen molar-refractivity contribution in [2.24, 2.45) is 17.3 Å². The Labute approximate surface area is 151 Å². The van der Waals surface area contributed by atoms with Gasteiger partial charge in [-0.25, -0.2) is 0 Å². The fourth-order valence-corrected chi connectivity index (χ4v) is 7.32. The highest BCUT2D eigenvalue weighted by atomic mass is 79.9. The lowest BCUT2D eigenvalue weighted by molar-refractivity contribution is -0.152. The minimum Gasteiger partial charge on any atom is -0.461 e. The summed E-state index contributed by atoms with van der Waals surface area (Å²) in [6.45, 7) is 0.199. The molecule has 0 aromatic heterocycles. The largest absolute Gasteiger partial charge is 0.461 e. The number of esters is 1. The Kier molecular flexibility index (Phi) is 3.95. The number of halogens is 1. The van der Waals surface area contributed by atoms with E-state index in [9.17, 15) is 4.79 Å². The van der Waals surface area contributed by atoms with Gasteiger partial charge in [-0.1, -0.05) is 34.1 Å². The molecule has 0 aliphatic heterocycles. The van der Waals surface area contributed by atoms with Crippen LogP contribution in [0.5, 0.6) is 0 Å². The van der Waals surface area contributed by atoms with Gasteiger partial charge in [0.1, 0.15) is 6.61 Å². The molecule has 24 heavy (non-hydrogen) atoms. The molecule has 0 spiro atoms. The van der Waals surface area contributed by atoms with Crippen LogP contribution in [0.15, 0.2) is 24.3 Å². The molecule has 1 aromatic carbocycles. The molecule has 4 aliphatic carbocycles. The number of carbonyl (C=O) groups excluding carboxylic acids is 1. The van der Waals surface area contributed by atoms with Crippen molar-refractivity contribution in [3.63, 3.8) is 0 Å². The van der Waals surface area contributed by atoms with Gasteiger partial charge in [0.15, 0.2) is 0 Å². The normalized spacial score (nSPS) is 36.3. The first-order valence-electron chi connectivity index (χ1n) is 8.82. The SMILES string of the molecule is N#Cc1ccccc1COC(=O)CC12C[C@@H]3C[C@@H](CC(Br)(C3)C1)C2. The molecule has 0 heterocycles. The second kappa shape index (κ2) is 5.88. The Bertz CT molecular complexity index is 694. The summed E-state index contributed by atoms with van der Waals surface area (Å²) >= 11 is 3.99. The number of benzene rings is 1. The molecule has 126 valence electrons. The molecule has 4 heteroatoms. The highest BCUT2D eigenvalue weighted by Gasteiger charge is 2.57. The molecule has 0 N–H and O–H groups in total. The summed E-state index contributed by atoms with van der Waals surface area (Å²) in [4.78, 5) is 12.5. The molecule has 5 rings (SSSR count). The van der Waals surface area contributed by atoms with Crippen LogP contribution in [0.1, 0.15) is 56.1 Å². The van der Waals surface area contributed by atoms with Crippen LogP contribution in [0.25, 0.3) is 0 Å². The lowest BCUT2D eigenvalue weighted by atomic mass is 9.49. The number of hydrogen-bond donors (Lipinski definition) is 0. The zero-order valence-corrected chi connectivity index (χ0v) is 15.3. The van der Waals surface area contributed by atoms with Gasteiger partial charge >= 0.3 is 5.97 Å². The number of rotatable bonds is 4. The van der Waals surface area contributed by atoms with Crippen LogP contribution in [0.3, 0.4) is 0 Å². The molecule has 0 radical (unpaired) electrons. The van der Waals surface area contributed by atoms with E-state index in [4.69, 9.17) is 10.00 Å². The van der Waals surface area contributed by atoms with Crippen molar-refractivity contribution in [2.45, 2.75) is 55.9 Å². The van der Waals surface area contributed by atoms with Crippen LogP contribution in [-0.4, -0.2) is 10.3 Å². The zero-order valence-electron chi connectivity index (χ0n) is 13.8. The van der Waals surface area contributed by atoms with E-state index in [2.05, 4.69) is 22.0 Å². The maximum absolute atomic E-state index is 12.5. The van der Waals surface area contributed by atoms with E-state index in [0.717, 1.165) is 23.8 Å². The zero-order chi connectivity index (χ0) is 16.8. The molecular formula is C20H22BrNO2. The molecule has 4 bridgehead atoms. The van der Waals surface area contributed by atoms with E-state index < -0.39 is 0 Å². The highest BCUT2D eigenvalue weighted by molar-refractivity contribution is 9.10. The second-order valence-electron chi connectivity index (χ2n) is 8.22. The Hall–Kier alpha value is -1.34. The summed E-state index contributed by atoms with van der Waals surface area (Å²) in [5.74, 6) is 1.44. The van der Waals surface area contributed by atoms with E-state index in [1.165, 1.54) is 32.1 Å². The number of nitriles is 1. The first-order chi connectivity index (χ1) is 11.5. The van der Waals surface area contributed by atoms with Gasteiger partial charge in [-0.05, 0) is 61.8 Å². The van der Waals surface area contributed by atoms with Crippen LogP contribution in [0.4, 0.5) is 0 Å². The summed E-state index contributed by atoms with van der Waals surface area (Å²) in [6.07, 6.45) is 7.89. The summed E-state index contributed by atoms with van der Waals surface area (Å²) in [6, 6.07) is 9.47. The number of alkyl halides is 1. The molecule has 4 aliphatic rings. The van der Waals surface area contributed by atoms with Gasteiger partial charge in [-0.2, -0.15) is 5.26 Å². The van der Waals surface area contributed by atoms with Crippen LogP contribution in [0, 0.1) is 28.6 Å². The topological polar surface area (TPSA) is 50.1 Å². The van der Waals surface area contributed by atoms with Crippen molar-refractivity contribution in [3.8, 4) is 6.07 Å². The van der Waals surface area contributed by atoms with Gasteiger partial charge < -0.3 is 4.74 Å². The Morgan fingerprint density at radius 3 is 2.62 bits per heavy atom. The minimum atomic E-state index is -0.110. The molecule has 1 aromatic rings. The quantitative estimate of drug-likeness (QED) is 0.554. The van der Waals surface area contributed by atoms with E-state index in [1.807, 2.05) is 18.2 Å². The molecule has 4 saturated carbocycles. The van der Waals surface area contributed by atoms with Crippen LogP contribution in [-0.2, 0) is 16.1 Å². The Morgan fingerprint density at radius 1 is 1.25 bits per heavy atom. The molecule has 3 nitrogen and oxygen atoms in total. The monoisotopic (exact) mass is 387 g/mol. The van der Waals surface area contributed by atoms with Crippen molar-refractivity contribution in [3.05, 3.63) is 35.4 Å². The van der Waals surface area contributed by atoms with Crippen LogP contribution in [0.2, 0.25) is 0 Å². The molecule has 4 atom stereocenters. The van der Waals surface area contributed by atoms with Crippen molar-refractivity contribution in [1.29, 1.82) is 5.26 Å². The third-order valence-electron chi connectivity index (χ3n) is 6.16. The Morgan fingerprint density at radius 2 is 1.96 bits per heavy atom. The average Bonchev–Trinajstić information content (AvgIpc) is 2.50. The molecule has 4 fully saturated rings. The lowest BCUT2D eigenvalue weighted by Crippen LogP contribution is -2.53. The van der Waals surface area contributed by atoms with Gasteiger partial charge in [0, 0.05) is 9.89 Å². The summed E-state index contributed by atoms with van der Waals surface area (Å²) in [5, 5.41) is 9.13. The summed E-state index contributed by atoms with van der Waals surface area (Å²) < 4.78 is 5.81. The van der Waals surface area contributed by atoms with E-state index in [0.29, 0.717) is 12.0 Å². The fourth-order valence-electron chi connectivity index (χ4n) is 5.81. The second-order valence-corrected chi connectivity index (χ2v) is 9.90. The number of hydrogen-bond acceptors (Lipinski definition) is 3. The first-order valence-corrected chi connectivity index (χ1v) is 9.61. The predicted octanol–water partition coefficient (Wildman–Crippen LogP) is 4.73. The lowest BCUT2D eigenvalue weighted by Gasteiger charge is -2.60. The standard InChI is InChI=1S/C20H22BrNO2/c21-20-8-14-5-15(9-20)7-19(6-14,13-20)10-18(23)24-12-17-4-2-1-3-16(17)11-22/h1-4,14-15H,5-10,12-13H2/t14-,15+,19?,20?. The summed E-state index contributed by atoms with van der Waals surface area (Å²) in [5.41, 5.74) is 1.51. The number of nitrogens with zero attached hydrogens (tertiary/aromatic N) is 1. The van der Waals surface area contributed by atoms with Gasteiger partial charge in [0.05, 0.1) is 18.1 Å².